The van der Waals surface area contributed by atoms with Gasteiger partial charge in [0.2, 0.25) is 0 Å². The third kappa shape index (κ3) is 6.21. The molecule has 0 N–H and O–H groups in total. The van der Waals surface area contributed by atoms with Crippen molar-refractivity contribution < 1.29 is 4.42 Å². The van der Waals surface area contributed by atoms with Crippen molar-refractivity contribution in [3.8, 4) is 39.1 Å². The first-order chi connectivity index (χ1) is 34.3. The summed E-state index contributed by atoms with van der Waals surface area (Å²) >= 11 is 0. The van der Waals surface area contributed by atoms with Crippen molar-refractivity contribution in [3.05, 3.63) is 247 Å². The molecular weight excluding hydrogens is 837 g/mol. The largest absolute Gasteiger partial charge is 0.455 e. The number of fused-ring (bicyclic) bond motifs is 12. The molecule has 1 aliphatic carbocycles. The summed E-state index contributed by atoms with van der Waals surface area (Å²) in [6.45, 7) is 0. The van der Waals surface area contributed by atoms with Crippen molar-refractivity contribution in [2.24, 2.45) is 0 Å². The molecule has 0 saturated heterocycles. The van der Waals surface area contributed by atoms with Crippen molar-refractivity contribution in [2.75, 3.05) is 4.90 Å². The monoisotopic (exact) mass is 880 g/mol. The number of hydrogen-bond donors (Lipinski definition) is 0. The van der Waals surface area contributed by atoms with Gasteiger partial charge in [-0.3, -0.25) is 0 Å². The van der Waals surface area contributed by atoms with Crippen molar-refractivity contribution in [1.82, 2.24) is 4.57 Å². The maximum absolute atomic E-state index is 6.54. The molecule has 0 bridgehead atoms. The molecule has 2 heterocycles. The van der Waals surface area contributed by atoms with Gasteiger partial charge in [-0.05, 0) is 97.6 Å². The second-order valence-electron chi connectivity index (χ2n) is 18.2. The van der Waals surface area contributed by atoms with Crippen LogP contribution in [0.2, 0.25) is 0 Å². The van der Waals surface area contributed by atoms with E-state index in [1.54, 1.807) is 0 Å². The SMILES string of the molecule is C1=c2c(c3ccccc3c3ccccc23)=CC(N(c2ccc(-c3cccc4c3oc3ccccc34)cc2)c2ccccc2-c2ccccc2-c2ccccc2-n2c3ccccc3c3ccccc32)C1. The van der Waals surface area contributed by atoms with Crippen LogP contribution in [0.5, 0.6) is 0 Å². The first-order valence-electron chi connectivity index (χ1n) is 23.9. The lowest BCUT2D eigenvalue weighted by Gasteiger charge is -2.35. The summed E-state index contributed by atoms with van der Waals surface area (Å²) in [5, 5.41) is 12.5. The lowest BCUT2D eigenvalue weighted by atomic mass is 9.90. The summed E-state index contributed by atoms with van der Waals surface area (Å²) in [7, 11) is 0. The summed E-state index contributed by atoms with van der Waals surface area (Å²) in [5.74, 6) is 0. The number of furan rings is 1. The number of rotatable bonds is 7. The van der Waals surface area contributed by atoms with Gasteiger partial charge in [-0.1, -0.05) is 206 Å². The minimum Gasteiger partial charge on any atom is -0.455 e. The van der Waals surface area contributed by atoms with Crippen LogP contribution in [-0.4, -0.2) is 10.6 Å². The quantitative estimate of drug-likeness (QED) is 0.149. The molecule has 1 unspecified atom stereocenters. The van der Waals surface area contributed by atoms with E-state index in [4.69, 9.17) is 4.42 Å². The van der Waals surface area contributed by atoms with E-state index in [9.17, 15) is 0 Å². The Labute approximate surface area is 399 Å². The Morgan fingerprint density at radius 2 is 0.884 bits per heavy atom. The van der Waals surface area contributed by atoms with Crippen LogP contribution in [0.15, 0.2) is 241 Å². The molecule has 1 aliphatic rings. The highest BCUT2D eigenvalue weighted by atomic mass is 16.3. The summed E-state index contributed by atoms with van der Waals surface area (Å²) < 4.78 is 8.99. The molecule has 11 aromatic carbocycles. The predicted octanol–water partition coefficient (Wildman–Crippen LogP) is 16.2. The Morgan fingerprint density at radius 1 is 0.377 bits per heavy atom. The molecule has 324 valence electrons. The van der Waals surface area contributed by atoms with Crippen LogP contribution in [-0.2, 0) is 0 Å². The van der Waals surface area contributed by atoms with E-state index in [-0.39, 0.29) is 6.04 Å². The number of para-hydroxylation sites is 6. The van der Waals surface area contributed by atoms with Gasteiger partial charge in [0.25, 0.3) is 0 Å². The first kappa shape index (κ1) is 39.3. The third-order valence-electron chi connectivity index (χ3n) is 14.5. The molecule has 2 aromatic heterocycles. The molecule has 0 fully saturated rings. The molecule has 0 amide bonds. The first-order valence-corrected chi connectivity index (χ1v) is 23.9. The van der Waals surface area contributed by atoms with Crippen LogP contribution in [0.25, 0.3) is 117 Å². The van der Waals surface area contributed by atoms with Crippen LogP contribution in [0.1, 0.15) is 6.42 Å². The topological polar surface area (TPSA) is 21.3 Å². The van der Waals surface area contributed by atoms with Gasteiger partial charge in [0.05, 0.1) is 22.8 Å². The van der Waals surface area contributed by atoms with Crippen molar-refractivity contribution in [3.63, 3.8) is 0 Å². The Bertz CT molecular complexity index is 4250. The standard InChI is InChI=1S/C66H44N2O/c1-2-20-49-47(18-1)48-19-3-6-23-52(48)60-42-45(40-41-53(49)60)67(44-38-36-43(37-39-44)46-29-17-30-59-58-28-11-16-35-65(58)69-66(46)59)61-31-12-7-24-54(61)50-21-4-5-22-51(50)55-25-8-13-32-62(55)68-63-33-14-9-26-56(63)57-27-10-15-34-64(57)68/h1-39,41-42,45H,40H2. The van der Waals surface area contributed by atoms with Gasteiger partial charge in [0, 0.05) is 49.6 Å². The van der Waals surface area contributed by atoms with E-state index in [0.717, 1.165) is 56.5 Å². The van der Waals surface area contributed by atoms with E-state index >= 15 is 0 Å². The maximum atomic E-state index is 6.54. The Kier molecular flexibility index (Phi) is 9.03. The fourth-order valence-electron chi connectivity index (χ4n) is 11.5. The van der Waals surface area contributed by atoms with Gasteiger partial charge in [0.1, 0.15) is 11.2 Å². The number of benzene rings is 11. The number of aromatic nitrogens is 1. The smallest absolute Gasteiger partial charge is 0.143 e. The van der Waals surface area contributed by atoms with Crippen LogP contribution in [0, 0.1) is 0 Å². The molecule has 0 radical (unpaired) electrons. The Hall–Kier alpha value is -8.92. The second-order valence-corrected chi connectivity index (χ2v) is 18.2. The summed E-state index contributed by atoms with van der Waals surface area (Å²) in [5.41, 5.74) is 14.5. The third-order valence-corrected chi connectivity index (χ3v) is 14.5. The zero-order valence-electron chi connectivity index (χ0n) is 37.8. The zero-order chi connectivity index (χ0) is 45.4. The van der Waals surface area contributed by atoms with Crippen LogP contribution >= 0.6 is 0 Å². The zero-order valence-corrected chi connectivity index (χ0v) is 37.8. The average molecular weight is 881 g/mol. The number of nitrogens with zero attached hydrogens (tertiary/aromatic N) is 2. The summed E-state index contributed by atoms with van der Waals surface area (Å²) in [6, 6.07) is 86.2. The lowest BCUT2D eigenvalue weighted by Crippen LogP contribution is -2.39. The lowest BCUT2D eigenvalue weighted by molar-refractivity contribution is 0.670. The van der Waals surface area contributed by atoms with E-state index in [1.807, 2.05) is 6.07 Å². The van der Waals surface area contributed by atoms with Crippen molar-refractivity contribution in [2.45, 2.75) is 12.5 Å². The second kappa shape index (κ2) is 15.9. The normalized spacial score (nSPS) is 13.5. The predicted molar refractivity (Wildman–Crippen MR) is 291 cm³/mol. The molecule has 69 heavy (non-hydrogen) atoms. The maximum Gasteiger partial charge on any atom is 0.143 e. The highest BCUT2D eigenvalue weighted by Crippen LogP contribution is 2.45. The summed E-state index contributed by atoms with van der Waals surface area (Å²) in [6.07, 6.45) is 5.85. The van der Waals surface area contributed by atoms with Crippen LogP contribution in [0.4, 0.5) is 11.4 Å². The Morgan fingerprint density at radius 3 is 1.59 bits per heavy atom. The summed E-state index contributed by atoms with van der Waals surface area (Å²) in [4.78, 5) is 2.58. The molecule has 14 rings (SSSR count). The molecule has 13 aromatic rings. The number of anilines is 2. The van der Waals surface area contributed by atoms with Crippen molar-refractivity contribution >= 4 is 88.8 Å². The molecule has 0 saturated carbocycles. The van der Waals surface area contributed by atoms with Gasteiger partial charge in [-0.2, -0.15) is 0 Å². The van der Waals surface area contributed by atoms with Crippen LogP contribution in [0.3, 0.4) is 0 Å². The molecular formula is C66H44N2O. The molecule has 3 nitrogen and oxygen atoms in total. The van der Waals surface area contributed by atoms with E-state index in [0.29, 0.717) is 0 Å². The van der Waals surface area contributed by atoms with Gasteiger partial charge < -0.3 is 13.9 Å². The highest BCUT2D eigenvalue weighted by molar-refractivity contribution is 6.12. The van der Waals surface area contributed by atoms with E-state index in [1.165, 1.54) is 76.0 Å². The fraction of sp³-hybridized carbons (Fsp3) is 0.0303. The van der Waals surface area contributed by atoms with E-state index in [2.05, 4.69) is 252 Å². The highest BCUT2D eigenvalue weighted by Gasteiger charge is 2.26. The Balaban J connectivity index is 0.972. The molecule has 0 spiro atoms. The minimum atomic E-state index is 0.00456. The van der Waals surface area contributed by atoms with Gasteiger partial charge in [0.15, 0.2) is 0 Å². The molecule has 3 heteroatoms. The van der Waals surface area contributed by atoms with Gasteiger partial charge in [-0.15, -0.1) is 0 Å². The number of hydrogen-bond acceptors (Lipinski definition) is 2. The average Bonchev–Trinajstić information content (AvgIpc) is 3.98. The van der Waals surface area contributed by atoms with Crippen molar-refractivity contribution in [1.29, 1.82) is 0 Å². The molecule has 0 aliphatic heterocycles. The molecule has 1 atom stereocenters. The van der Waals surface area contributed by atoms with Gasteiger partial charge >= 0.3 is 0 Å². The van der Waals surface area contributed by atoms with E-state index < -0.39 is 0 Å². The fourth-order valence-corrected chi connectivity index (χ4v) is 11.5. The minimum absolute atomic E-state index is 0.00456. The van der Waals surface area contributed by atoms with Crippen LogP contribution < -0.4 is 15.3 Å². The van der Waals surface area contributed by atoms with Gasteiger partial charge in [-0.25, -0.2) is 0 Å².